The van der Waals surface area contributed by atoms with Gasteiger partial charge in [-0.2, -0.15) is 0 Å². The molecule has 2 heterocycles. The first-order chi connectivity index (χ1) is 15.9. The highest BCUT2D eigenvalue weighted by Gasteiger charge is 2.43. The van der Waals surface area contributed by atoms with Gasteiger partial charge in [0.1, 0.15) is 0 Å². The number of amides is 2. The van der Waals surface area contributed by atoms with Gasteiger partial charge in [-0.3, -0.25) is 9.59 Å². The molecule has 176 valence electrons. The Labute approximate surface area is 194 Å². The van der Waals surface area contributed by atoms with Gasteiger partial charge in [0.15, 0.2) is 12.1 Å². The molecule has 0 spiro atoms. The molecule has 2 aliphatic rings. The SMILES string of the molecule is O=C(Nc1ccccc1)C1CCC[N+]1([O-])CCC[N+]1([O-])CCCC1C(=O)Nc1ccccc1. The number of rotatable bonds is 8. The molecule has 4 rings (SSSR count). The van der Waals surface area contributed by atoms with E-state index in [-0.39, 0.29) is 24.9 Å². The number of nitrogens with zero attached hydrogens (tertiary/aromatic N) is 2. The molecule has 2 aliphatic heterocycles. The fraction of sp³-hybridized carbons (Fsp3) is 0.440. The molecule has 0 bridgehead atoms. The van der Waals surface area contributed by atoms with Crippen molar-refractivity contribution in [1.82, 2.24) is 0 Å². The minimum absolute atomic E-state index is 0.210. The van der Waals surface area contributed by atoms with Gasteiger partial charge in [0.05, 0.1) is 26.2 Å². The van der Waals surface area contributed by atoms with E-state index in [1.165, 1.54) is 0 Å². The molecule has 0 radical (unpaired) electrons. The number of quaternary nitrogens is 2. The van der Waals surface area contributed by atoms with Crippen LogP contribution in [0, 0.1) is 10.4 Å². The Bertz CT molecular complexity index is 880. The van der Waals surface area contributed by atoms with E-state index in [2.05, 4.69) is 10.6 Å². The summed E-state index contributed by atoms with van der Waals surface area (Å²) in [6.45, 7) is 1.18. The van der Waals surface area contributed by atoms with Crippen molar-refractivity contribution in [3.63, 3.8) is 0 Å². The van der Waals surface area contributed by atoms with E-state index >= 15 is 0 Å². The predicted octanol–water partition coefficient (Wildman–Crippen LogP) is 3.61. The Morgan fingerprint density at radius 1 is 0.727 bits per heavy atom. The Balaban J connectivity index is 1.33. The molecule has 33 heavy (non-hydrogen) atoms. The number of hydrogen-bond donors (Lipinski definition) is 2. The first-order valence-electron chi connectivity index (χ1n) is 11.8. The van der Waals surface area contributed by atoms with Gasteiger partial charge in [0.25, 0.3) is 11.8 Å². The molecule has 0 saturated carbocycles. The van der Waals surface area contributed by atoms with Crippen LogP contribution in [0.15, 0.2) is 60.7 Å². The smallest absolute Gasteiger partial charge is 0.283 e. The summed E-state index contributed by atoms with van der Waals surface area (Å²) < 4.78 is -1.20. The topological polar surface area (TPSA) is 104 Å². The van der Waals surface area contributed by atoms with Crippen molar-refractivity contribution in [3.8, 4) is 0 Å². The van der Waals surface area contributed by atoms with Crippen LogP contribution in [-0.2, 0) is 9.59 Å². The van der Waals surface area contributed by atoms with Crippen molar-refractivity contribution in [3.05, 3.63) is 71.1 Å². The number of anilines is 2. The van der Waals surface area contributed by atoms with Crippen molar-refractivity contribution in [2.24, 2.45) is 0 Å². The number of nitrogens with one attached hydrogen (secondary N) is 2. The molecule has 2 fully saturated rings. The Kier molecular flexibility index (Phi) is 7.09. The number of para-hydroxylation sites is 2. The summed E-state index contributed by atoms with van der Waals surface area (Å²) in [6, 6.07) is 16.9. The third-order valence-electron chi connectivity index (χ3n) is 6.93. The lowest BCUT2D eigenvalue weighted by atomic mass is 10.1. The van der Waals surface area contributed by atoms with Gasteiger partial charge in [0.2, 0.25) is 0 Å². The quantitative estimate of drug-likeness (QED) is 0.472. The molecule has 2 aromatic carbocycles. The van der Waals surface area contributed by atoms with E-state index in [9.17, 15) is 20.0 Å². The van der Waals surface area contributed by atoms with E-state index < -0.39 is 21.4 Å². The van der Waals surface area contributed by atoms with Crippen LogP contribution < -0.4 is 10.6 Å². The molecule has 4 atom stereocenters. The first kappa shape index (κ1) is 23.4. The van der Waals surface area contributed by atoms with Crippen LogP contribution in [0.2, 0.25) is 0 Å². The van der Waals surface area contributed by atoms with Crippen LogP contribution in [0.1, 0.15) is 32.1 Å². The van der Waals surface area contributed by atoms with Crippen LogP contribution >= 0.6 is 0 Å². The summed E-state index contributed by atoms with van der Waals surface area (Å²) in [5, 5.41) is 32.7. The van der Waals surface area contributed by atoms with E-state index in [4.69, 9.17) is 0 Å². The van der Waals surface area contributed by atoms with Crippen molar-refractivity contribution in [2.45, 2.75) is 44.2 Å². The molecule has 8 heteroatoms. The lowest BCUT2D eigenvalue weighted by Gasteiger charge is -2.46. The number of carbonyl (C=O) groups excluding carboxylic acids is 2. The van der Waals surface area contributed by atoms with Crippen molar-refractivity contribution in [1.29, 1.82) is 0 Å². The molecule has 2 amide bonds. The number of hydroxylamine groups is 6. The van der Waals surface area contributed by atoms with Crippen LogP contribution in [0.3, 0.4) is 0 Å². The Hall–Kier alpha value is -2.78. The maximum Gasteiger partial charge on any atom is 0.283 e. The number of carbonyl (C=O) groups is 2. The molecule has 4 unspecified atom stereocenters. The predicted molar refractivity (Wildman–Crippen MR) is 128 cm³/mol. The van der Waals surface area contributed by atoms with Crippen molar-refractivity contribution >= 4 is 23.2 Å². The van der Waals surface area contributed by atoms with Crippen LogP contribution in [-0.4, -0.2) is 59.4 Å². The summed E-state index contributed by atoms with van der Waals surface area (Å²) in [5.41, 5.74) is 1.35. The van der Waals surface area contributed by atoms with Crippen LogP contribution in [0.4, 0.5) is 11.4 Å². The molecule has 2 aromatic rings. The largest absolute Gasteiger partial charge is 0.632 e. The third kappa shape index (κ3) is 5.42. The minimum atomic E-state index is -0.666. The average Bonchev–Trinajstić information content (AvgIpc) is 3.38. The molecular weight excluding hydrogens is 420 g/mol. The van der Waals surface area contributed by atoms with Gasteiger partial charge < -0.3 is 30.3 Å². The zero-order valence-corrected chi connectivity index (χ0v) is 18.8. The second kappa shape index (κ2) is 10.0. The minimum Gasteiger partial charge on any atom is -0.632 e. The van der Waals surface area contributed by atoms with Gasteiger partial charge in [0, 0.05) is 43.5 Å². The number of benzene rings is 2. The highest BCUT2D eigenvalue weighted by atomic mass is 16.6. The second-order valence-corrected chi connectivity index (χ2v) is 9.18. The maximum absolute atomic E-state index is 13.5. The van der Waals surface area contributed by atoms with E-state index in [1.54, 1.807) is 24.3 Å². The number of likely N-dealkylation sites (tertiary alicyclic amines) is 2. The monoisotopic (exact) mass is 452 g/mol. The molecule has 0 aromatic heterocycles. The van der Waals surface area contributed by atoms with Crippen LogP contribution in [0.25, 0.3) is 0 Å². The lowest BCUT2D eigenvalue weighted by molar-refractivity contribution is -0.902. The van der Waals surface area contributed by atoms with E-state index in [1.807, 2.05) is 36.4 Å². The van der Waals surface area contributed by atoms with E-state index in [0.29, 0.717) is 56.6 Å². The number of hydrogen-bond acceptors (Lipinski definition) is 4. The fourth-order valence-electron chi connectivity index (χ4n) is 5.21. The van der Waals surface area contributed by atoms with Gasteiger partial charge in [-0.15, -0.1) is 0 Å². The Morgan fingerprint density at radius 2 is 1.12 bits per heavy atom. The van der Waals surface area contributed by atoms with Gasteiger partial charge in [-0.1, -0.05) is 36.4 Å². The zero-order valence-electron chi connectivity index (χ0n) is 18.8. The normalized spacial score (nSPS) is 29.0. The fourth-order valence-corrected chi connectivity index (χ4v) is 5.21. The third-order valence-corrected chi connectivity index (χ3v) is 6.93. The molecule has 8 nitrogen and oxygen atoms in total. The average molecular weight is 453 g/mol. The van der Waals surface area contributed by atoms with Gasteiger partial charge in [-0.25, -0.2) is 0 Å². The van der Waals surface area contributed by atoms with Gasteiger partial charge in [-0.05, 0) is 24.3 Å². The summed E-state index contributed by atoms with van der Waals surface area (Å²) in [5.74, 6) is -0.526. The molecule has 2 saturated heterocycles. The summed E-state index contributed by atoms with van der Waals surface area (Å²) >= 11 is 0. The standard InChI is InChI=1S/C25H32N4O4/c30-24(26-20-10-3-1-4-11-20)22-14-7-16-28(22,32)18-9-19-29(33)17-8-15-23(29)25(31)27-21-12-5-2-6-13-21/h1-6,10-13,22-23H,7-9,14-19H2,(H,26,30)(H,27,31). The summed E-state index contributed by atoms with van der Waals surface area (Å²) in [4.78, 5) is 25.6. The Morgan fingerprint density at radius 3 is 1.52 bits per heavy atom. The lowest BCUT2D eigenvalue weighted by Crippen LogP contribution is -2.55. The van der Waals surface area contributed by atoms with Crippen LogP contribution in [0.5, 0.6) is 0 Å². The molecule has 2 N–H and O–H groups in total. The molecular formula is C25H32N4O4. The highest BCUT2D eigenvalue weighted by molar-refractivity contribution is 5.94. The van der Waals surface area contributed by atoms with E-state index in [0.717, 1.165) is 0 Å². The zero-order chi connectivity index (χ0) is 23.3. The summed E-state index contributed by atoms with van der Waals surface area (Å²) in [6.07, 6.45) is 2.85. The first-order valence-corrected chi connectivity index (χ1v) is 11.8. The summed E-state index contributed by atoms with van der Waals surface area (Å²) in [7, 11) is 0. The van der Waals surface area contributed by atoms with Crippen molar-refractivity contribution < 1.29 is 18.9 Å². The maximum atomic E-state index is 13.5. The van der Waals surface area contributed by atoms with Gasteiger partial charge >= 0.3 is 0 Å². The van der Waals surface area contributed by atoms with Crippen molar-refractivity contribution in [2.75, 3.05) is 36.8 Å². The second-order valence-electron chi connectivity index (χ2n) is 9.18. The molecule has 0 aliphatic carbocycles. The highest BCUT2D eigenvalue weighted by Crippen LogP contribution is 2.30.